The minimum atomic E-state index is 0.189. The van der Waals surface area contributed by atoms with Gasteiger partial charge in [0.1, 0.15) is 13.2 Å². The Morgan fingerprint density at radius 2 is 2.19 bits per heavy atom. The first-order valence-corrected chi connectivity index (χ1v) is 6.33. The second kappa shape index (κ2) is 7.12. The van der Waals surface area contributed by atoms with Gasteiger partial charge in [-0.05, 0) is 40.5 Å². The lowest BCUT2D eigenvalue weighted by Gasteiger charge is -2.10. The third-order valence-corrected chi connectivity index (χ3v) is 2.91. The summed E-state index contributed by atoms with van der Waals surface area (Å²) in [5.74, 6) is 0.685. The molecule has 0 unspecified atom stereocenters. The fourth-order valence-corrected chi connectivity index (χ4v) is 2.44. The van der Waals surface area contributed by atoms with E-state index >= 15 is 0 Å². The largest absolute Gasteiger partial charge is 0.485 e. The molecule has 1 rings (SSSR count). The van der Waals surface area contributed by atoms with Crippen LogP contribution in [0.4, 0.5) is 0 Å². The summed E-state index contributed by atoms with van der Waals surface area (Å²) in [7, 11) is 0. The van der Waals surface area contributed by atoms with Gasteiger partial charge in [-0.25, -0.2) is 0 Å². The van der Waals surface area contributed by atoms with Crippen molar-refractivity contribution in [1.29, 1.82) is 0 Å². The molecule has 1 aromatic rings. The number of hydrogen-bond donors (Lipinski definition) is 2. The highest BCUT2D eigenvalue weighted by molar-refractivity contribution is 9.10. The van der Waals surface area contributed by atoms with Gasteiger partial charge in [0, 0.05) is 0 Å². The Balaban J connectivity index is 2.47. The summed E-state index contributed by atoms with van der Waals surface area (Å²) in [6, 6.07) is 3.84. The van der Waals surface area contributed by atoms with E-state index in [1.54, 1.807) is 0 Å². The van der Waals surface area contributed by atoms with E-state index in [2.05, 4.69) is 15.9 Å². The Labute approximate surface area is 109 Å². The van der Waals surface area contributed by atoms with Crippen molar-refractivity contribution in [3.8, 4) is 5.75 Å². The van der Waals surface area contributed by atoms with Gasteiger partial charge in [-0.1, -0.05) is 11.6 Å². The second-order valence-corrected chi connectivity index (χ2v) is 4.76. The van der Waals surface area contributed by atoms with Crippen LogP contribution in [0.25, 0.3) is 0 Å². The number of rotatable bonds is 6. The van der Waals surface area contributed by atoms with Crippen LogP contribution in [0.2, 0.25) is 5.02 Å². The maximum atomic E-state index is 8.60. The van der Waals surface area contributed by atoms with E-state index in [9.17, 15) is 0 Å². The molecular formula is C11H16BrClNO2+. The van der Waals surface area contributed by atoms with E-state index in [1.165, 1.54) is 0 Å². The number of nitrogens with two attached hydrogens (primary N) is 1. The van der Waals surface area contributed by atoms with Crippen molar-refractivity contribution in [2.24, 2.45) is 0 Å². The molecule has 5 heteroatoms. The molecule has 0 saturated heterocycles. The van der Waals surface area contributed by atoms with E-state index in [0.29, 0.717) is 23.9 Å². The fourth-order valence-electron chi connectivity index (χ4n) is 1.30. The number of benzene rings is 1. The summed E-state index contributed by atoms with van der Waals surface area (Å²) in [6.45, 7) is 4.25. The first-order chi connectivity index (χ1) is 7.65. The molecule has 0 fully saturated rings. The number of aliphatic hydroxyl groups excluding tert-OH is 1. The lowest BCUT2D eigenvalue weighted by molar-refractivity contribution is -0.656. The van der Waals surface area contributed by atoms with Crippen molar-refractivity contribution in [3.63, 3.8) is 0 Å². The Morgan fingerprint density at radius 1 is 1.44 bits per heavy atom. The maximum absolute atomic E-state index is 8.60. The van der Waals surface area contributed by atoms with Crippen LogP contribution >= 0.6 is 27.5 Å². The average Bonchev–Trinajstić information content (AvgIpc) is 2.20. The van der Waals surface area contributed by atoms with E-state index in [1.807, 2.05) is 24.4 Å². The number of ether oxygens (including phenoxy) is 1. The summed E-state index contributed by atoms with van der Waals surface area (Å²) < 4.78 is 6.45. The predicted octanol–water partition coefficient (Wildman–Crippen LogP) is 1.35. The predicted molar refractivity (Wildman–Crippen MR) is 68.1 cm³/mol. The van der Waals surface area contributed by atoms with Crippen LogP contribution in [-0.4, -0.2) is 31.4 Å². The number of aryl methyl sites for hydroxylation is 1. The van der Waals surface area contributed by atoms with Crippen molar-refractivity contribution in [2.45, 2.75) is 6.92 Å². The van der Waals surface area contributed by atoms with E-state index < -0.39 is 0 Å². The van der Waals surface area contributed by atoms with Gasteiger partial charge < -0.3 is 15.2 Å². The van der Waals surface area contributed by atoms with Crippen LogP contribution < -0.4 is 10.1 Å². The van der Waals surface area contributed by atoms with Crippen LogP contribution in [-0.2, 0) is 0 Å². The van der Waals surface area contributed by atoms with Gasteiger partial charge in [0.05, 0.1) is 22.6 Å². The van der Waals surface area contributed by atoms with E-state index in [4.69, 9.17) is 21.4 Å². The summed E-state index contributed by atoms with van der Waals surface area (Å²) in [5, 5.41) is 11.2. The highest BCUT2D eigenvalue weighted by Gasteiger charge is 2.07. The monoisotopic (exact) mass is 308 g/mol. The van der Waals surface area contributed by atoms with Crippen LogP contribution in [0.15, 0.2) is 16.6 Å². The van der Waals surface area contributed by atoms with E-state index in [0.717, 1.165) is 16.6 Å². The second-order valence-electron chi connectivity index (χ2n) is 3.50. The molecule has 0 aromatic heterocycles. The minimum Gasteiger partial charge on any atom is -0.485 e. The van der Waals surface area contributed by atoms with Crippen molar-refractivity contribution >= 4 is 27.5 Å². The molecule has 16 heavy (non-hydrogen) atoms. The molecule has 0 heterocycles. The average molecular weight is 310 g/mol. The van der Waals surface area contributed by atoms with Crippen LogP contribution in [0.3, 0.4) is 0 Å². The minimum absolute atomic E-state index is 0.189. The standard InChI is InChI=1S/C11H15BrClNO2/c1-8-6-9(12)11(10(13)7-8)16-5-3-14-2-4-15/h6-7,14-15H,2-5H2,1H3/p+1. The normalized spacial score (nSPS) is 10.5. The Hall–Kier alpha value is -0.290. The van der Waals surface area contributed by atoms with E-state index in [-0.39, 0.29) is 6.61 Å². The summed E-state index contributed by atoms with van der Waals surface area (Å²) >= 11 is 9.49. The van der Waals surface area contributed by atoms with Gasteiger partial charge in [0.15, 0.2) is 5.75 Å². The molecule has 0 aliphatic rings. The summed E-state index contributed by atoms with van der Waals surface area (Å²) in [4.78, 5) is 0. The van der Waals surface area contributed by atoms with Gasteiger partial charge in [-0.3, -0.25) is 0 Å². The molecule has 1 aromatic carbocycles. The molecule has 0 aliphatic heterocycles. The Bertz CT molecular complexity index is 324. The topological polar surface area (TPSA) is 46.1 Å². The third kappa shape index (κ3) is 4.29. The molecule has 0 bridgehead atoms. The Morgan fingerprint density at radius 3 is 2.81 bits per heavy atom. The molecule has 90 valence electrons. The van der Waals surface area contributed by atoms with Gasteiger partial charge in [-0.2, -0.15) is 0 Å². The number of hydrogen-bond acceptors (Lipinski definition) is 2. The molecule has 3 N–H and O–H groups in total. The zero-order valence-corrected chi connectivity index (χ0v) is 11.5. The van der Waals surface area contributed by atoms with Gasteiger partial charge in [0.2, 0.25) is 0 Å². The first-order valence-electron chi connectivity index (χ1n) is 5.16. The summed E-state index contributed by atoms with van der Waals surface area (Å²) in [6.07, 6.45) is 0. The first kappa shape index (κ1) is 13.8. The number of halogens is 2. The molecule has 0 atom stereocenters. The van der Waals surface area contributed by atoms with Crippen molar-refractivity contribution < 1.29 is 15.2 Å². The van der Waals surface area contributed by atoms with Crippen molar-refractivity contribution in [1.82, 2.24) is 0 Å². The molecular weight excluding hydrogens is 293 g/mol. The highest BCUT2D eigenvalue weighted by Crippen LogP contribution is 2.34. The van der Waals surface area contributed by atoms with Gasteiger partial charge in [0.25, 0.3) is 0 Å². The highest BCUT2D eigenvalue weighted by atomic mass is 79.9. The molecule has 0 spiro atoms. The van der Waals surface area contributed by atoms with Crippen LogP contribution in [0.1, 0.15) is 5.56 Å². The molecule has 0 saturated carbocycles. The quantitative estimate of drug-likeness (QED) is 0.779. The van der Waals surface area contributed by atoms with Gasteiger partial charge in [-0.15, -0.1) is 0 Å². The Kier molecular flexibility index (Phi) is 6.13. The zero-order chi connectivity index (χ0) is 12.0. The fraction of sp³-hybridized carbons (Fsp3) is 0.455. The SMILES string of the molecule is Cc1cc(Cl)c(OCC[NH2+]CCO)c(Br)c1. The maximum Gasteiger partial charge on any atom is 0.152 e. The molecule has 3 nitrogen and oxygen atoms in total. The summed E-state index contributed by atoms with van der Waals surface area (Å²) in [5.41, 5.74) is 1.09. The molecule has 0 aliphatic carbocycles. The van der Waals surface area contributed by atoms with Crippen LogP contribution in [0.5, 0.6) is 5.75 Å². The lowest BCUT2D eigenvalue weighted by atomic mass is 10.2. The lowest BCUT2D eigenvalue weighted by Crippen LogP contribution is -2.86. The number of aliphatic hydroxyl groups is 1. The van der Waals surface area contributed by atoms with Crippen molar-refractivity contribution in [2.75, 3.05) is 26.3 Å². The zero-order valence-electron chi connectivity index (χ0n) is 9.17. The number of quaternary nitrogens is 1. The molecule has 0 amide bonds. The van der Waals surface area contributed by atoms with Gasteiger partial charge >= 0.3 is 0 Å². The van der Waals surface area contributed by atoms with Crippen molar-refractivity contribution in [3.05, 3.63) is 27.2 Å². The third-order valence-electron chi connectivity index (χ3n) is 2.04. The van der Waals surface area contributed by atoms with Crippen LogP contribution in [0, 0.1) is 6.92 Å². The smallest absolute Gasteiger partial charge is 0.152 e. The molecule has 0 radical (unpaired) electrons.